The number of ether oxygens (including phenoxy) is 2. The number of hydrogen-bond donors (Lipinski definition) is 1. The van der Waals surface area contributed by atoms with E-state index in [9.17, 15) is 9.18 Å². The average Bonchev–Trinajstić information content (AvgIpc) is 3.36. The molecule has 1 saturated heterocycles. The van der Waals surface area contributed by atoms with Crippen molar-refractivity contribution in [2.75, 3.05) is 18.5 Å². The van der Waals surface area contributed by atoms with E-state index in [2.05, 4.69) is 10.5 Å². The van der Waals surface area contributed by atoms with Gasteiger partial charge in [0.2, 0.25) is 0 Å². The van der Waals surface area contributed by atoms with Gasteiger partial charge in [0.1, 0.15) is 35.2 Å². The van der Waals surface area contributed by atoms with Crippen LogP contribution in [0.3, 0.4) is 0 Å². The third-order valence-electron chi connectivity index (χ3n) is 4.84. The standard InChI is InChI=1S/C22H20ClFN2O4/c1-13-19(21(26-30-13)20-17(23)8-3-9-18(20)24)22(27)25-14-5-2-6-15(11-14)29-12-16-7-4-10-28-16/h2-3,5-6,8-9,11,16H,4,7,10,12H2,1H3,(H,25,27)/t16-/m0/s1. The predicted octanol–water partition coefficient (Wildman–Crippen LogP) is 5.25. The van der Waals surface area contributed by atoms with Gasteiger partial charge in [-0.15, -0.1) is 0 Å². The molecule has 30 heavy (non-hydrogen) atoms. The van der Waals surface area contributed by atoms with Gasteiger partial charge in [-0.1, -0.05) is 28.9 Å². The van der Waals surface area contributed by atoms with Crippen molar-refractivity contribution in [3.63, 3.8) is 0 Å². The number of rotatable bonds is 6. The van der Waals surface area contributed by atoms with Crippen molar-refractivity contribution in [1.29, 1.82) is 0 Å². The summed E-state index contributed by atoms with van der Waals surface area (Å²) in [4.78, 5) is 13.0. The van der Waals surface area contributed by atoms with Crippen LogP contribution >= 0.6 is 11.6 Å². The van der Waals surface area contributed by atoms with E-state index in [1.165, 1.54) is 18.2 Å². The van der Waals surface area contributed by atoms with Gasteiger partial charge in [-0.2, -0.15) is 0 Å². The number of aromatic nitrogens is 1. The number of nitrogens with one attached hydrogen (secondary N) is 1. The minimum atomic E-state index is -0.589. The maximum Gasteiger partial charge on any atom is 0.261 e. The van der Waals surface area contributed by atoms with E-state index in [0.29, 0.717) is 18.0 Å². The van der Waals surface area contributed by atoms with E-state index < -0.39 is 11.7 Å². The molecule has 6 nitrogen and oxygen atoms in total. The van der Waals surface area contributed by atoms with Crippen molar-refractivity contribution in [2.24, 2.45) is 0 Å². The molecule has 4 rings (SSSR count). The van der Waals surface area contributed by atoms with Crippen LogP contribution < -0.4 is 10.1 Å². The summed E-state index contributed by atoms with van der Waals surface area (Å²) in [5, 5.41) is 6.79. The molecular formula is C22H20ClFN2O4. The molecule has 0 aliphatic carbocycles. The molecule has 2 heterocycles. The van der Waals surface area contributed by atoms with Gasteiger partial charge in [-0.05, 0) is 44.0 Å². The Morgan fingerprint density at radius 1 is 1.33 bits per heavy atom. The molecule has 2 aromatic carbocycles. The first-order valence-corrected chi connectivity index (χ1v) is 9.97. The van der Waals surface area contributed by atoms with Crippen LogP contribution in [0.4, 0.5) is 10.1 Å². The summed E-state index contributed by atoms with van der Waals surface area (Å²) in [7, 11) is 0. The fourth-order valence-electron chi connectivity index (χ4n) is 3.36. The Kier molecular flexibility index (Phi) is 6.01. The zero-order chi connectivity index (χ0) is 21.1. The molecular weight excluding hydrogens is 411 g/mol. The molecule has 156 valence electrons. The number of halogens is 2. The first-order chi connectivity index (χ1) is 14.5. The predicted molar refractivity (Wildman–Crippen MR) is 111 cm³/mol. The molecule has 8 heteroatoms. The van der Waals surface area contributed by atoms with Crippen LogP contribution in [0.2, 0.25) is 5.02 Å². The summed E-state index contributed by atoms with van der Waals surface area (Å²) in [5.74, 6) is -0.205. The third-order valence-corrected chi connectivity index (χ3v) is 5.16. The molecule has 1 aromatic heterocycles. The van der Waals surface area contributed by atoms with Gasteiger partial charge in [0.25, 0.3) is 5.91 Å². The smallest absolute Gasteiger partial charge is 0.261 e. The summed E-state index contributed by atoms with van der Waals surface area (Å²) in [5.41, 5.74) is 0.720. The fourth-order valence-corrected chi connectivity index (χ4v) is 3.61. The molecule has 0 unspecified atom stereocenters. The monoisotopic (exact) mass is 430 g/mol. The minimum absolute atomic E-state index is 0.0230. The lowest BCUT2D eigenvalue weighted by molar-refractivity contribution is 0.0680. The molecule has 1 aliphatic rings. The summed E-state index contributed by atoms with van der Waals surface area (Å²) in [6.45, 7) is 2.80. The Morgan fingerprint density at radius 2 is 2.17 bits per heavy atom. The lowest BCUT2D eigenvalue weighted by Gasteiger charge is -2.13. The molecule has 1 atom stereocenters. The first-order valence-electron chi connectivity index (χ1n) is 9.59. The Hall–Kier alpha value is -2.90. The van der Waals surface area contributed by atoms with Crippen LogP contribution in [0.25, 0.3) is 11.3 Å². The third kappa shape index (κ3) is 4.32. The van der Waals surface area contributed by atoms with E-state index in [1.807, 2.05) is 0 Å². The Morgan fingerprint density at radius 3 is 2.93 bits per heavy atom. The second-order valence-corrected chi connectivity index (χ2v) is 7.39. The number of carbonyl (C=O) groups is 1. The summed E-state index contributed by atoms with van der Waals surface area (Å²) < 4.78 is 30.8. The number of aryl methyl sites for hydroxylation is 1. The van der Waals surface area contributed by atoms with Crippen molar-refractivity contribution >= 4 is 23.2 Å². The Labute approximate surface area is 177 Å². The van der Waals surface area contributed by atoms with Gasteiger partial charge < -0.3 is 19.3 Å². The highest BCUT2D eigenvalue weighted by molar-refractivity contribution is 6.33. The maximum atomic E-state index is 14.4. The average molecular weight is 431 g/mol. The SMILES string of the molecule is Cc1onc(-c2c(F)cccc2Cl)c1C(=O)Nc1cccc(OC[C@@H]2CCCO2)c1. The van der Waals surface area contributed by atoms with Crippen LogP contribution in [0.5, 0.6) is 5.75 Å². The number of hydrogen-bond acceptors (Lipinski definition) is 5. The van der Waals surface area contributed by atoms with Crippen LogP contribution in [-0.2, 0) is 4.74 Å². The van der Waals surface area contributed by atoms with Crippen molar-refractivity contribution < 1.29 is 23.2 Å². The molecule has 1 aliphatic heterocycles. The van der Waals surface area contributed by atoms with Crippen LogP contribution in [-0.4, -0.2) is 30.4 Å². The van der Waals surface area contributed by atoms with Gasteiger partial charge in [0.05, 0.1) is 16.7 Å². The van der Waals surface area contributed by atoms with Crippen LogP contribution in [0.15, 0.2) is 47.0 Å². The quantitative estimate of drug-likeness (QED) is 0.578. The van der Waals surface area contributed by atoms with E-state index in [0.717, 1.165) is 19.4 Å². The van der Waals surface area contributed by atoms with Crippen LogP contribution in [0.1, 0.15) is 29.0 Å². The molecule has 0 radical (unpaired) electrons. The normalized spacial score (nSPS) is 15.9. The van der Waals surface area contributed by atoms with E-state index >= 15 is 0 Å². The largest absolute Gasteiger partial charge is 0.491 e. The molecule has 0 spiro atoms. The fraction of sp³-hybridized carbons (Fsp3) is 0.273. The van der Waals surface area contributed by atoms with E-state index in [1.54, 1.807) is 31.2 Å². The lowest BCUT2D eigenvalue weighted by atomic mass is 10.0. The molecule has 1 amide bonds. The van der Waals surface area contributed by atoms with Crippen molar-refractivity contribution in [3.8, 4) is 17.0 Å². The Bertz CT molecular complexity index is 1040. The van der Waals surface area contributed by atoms with Crippen LogP contribution in [0, 0.1) is 12.7 Å². The summed E-state index contributed by atoms with van der Waals surface area (Å²) in [6.07, 6.45) is 2.11. The summed E-state index contributed by atoms with van der Waals surface area (Å²) >= 11 is 6.14. The highest BCUT2D eigenvalue weighted by atomic mass is 35.5. The topological polar surface area (TPSA) is 73.6 Å². The van der Waals surface area contributed by atoms with Crippen molar-refractivity contribution in [3.05, 3.63) is 64.6 Å². The first kappa shape index (κ1) is 20.4. The molecule has 3 aromatic rings. The van der Waals surface area contributed by atoms with Crippen molar-refractivity contribution in [1.82, 2.24) is 5.16 Å². The van der Waals surface area contributed by atoms with Gasteiger partial charge in [0.15, 0.2) is 0 Å². The van der Waals surface area contributed by atoms with Gasteiger partial charge >= 0.3 is 0 Å². The Balaban J connectivity index is 1.54. The zero-order valence-corrected chi connectivity index (χ0v) is 17.0. The molecule has 1 fully saturated rings. The lowest BCUT2D eigenvalue weighted by Crippen LogP contribution is -2.16. The van der Waals surface area contributed by atoms with Gasteiger partial charge in [0, 0.05) is 18.4 Å². The number of benzene rings is 2. The number of nitrogens with zero attached hydrogens (tertiary/aromatic N) is 1. The maximum absolute atomic E-state index is 14.4. The highest BCUT2D eigenvalue weighted by Crippen LogP contribution is 2.34. The minimum Gasteiger partial charge on any atom is -0.491 e. The molecule has 1 N–H and O–H groups in total. The van der Waals surface area contributed by atoms with Gasteiger partial charge in [-0.25, -0.2) is 4.39 Å². The second kappa shape index (κ2) is 8.85. The molecule has 0 bridgehead atoms. The molecule has 0 saturated carbocycles. The van der Waals surface area contributed by atoms with Gasteiger partial charge in [-0.3, -0.25) is 4.79 Å². The van der Waals surface area contributed by atoms with E-state index in [4.69, 9.17) is 25.6 Å². The van der Waals surface area contributed by atoms with E-state index in [-0.39, 0.29) is 33.7 Å². The zero-order valence-electron chi connectivity index (χ0n) is 16.3. The van der Waals surface area contributed by atoms with Crippen molar-refractivity contribution in [2.45, 2.75) is 25.9 Å². The second-order valence-electron chi connectivity index (χ2n) is 6.99. The highest BCUT2D eigenvalue weighted by Gasteiger charge is 2.25. The number of anilines is 1. The summed E-state index contributed by atoms with van der Waals surface area (Å²) in [6, 6.07) is 11.3. The number of carbonyl (C=O) groups excluding carboxylic acids is 1. The number of amides is 1.